The van der Waals surface area contributed by atoms with E-state index in [-0.39, 0.29) is 79.9 Å². The van der Waals surface area contributed by atoms with Crippen LogP contribution < -0.4 is 51.4 Å². The number of phenolic OH excluding ortho intramolecular Hbond substituents is 6. The second-order valence-corrected chi connectivity index (χ2v) is 23.4. The van der Waals surface area contributed by atoms with Gasteiger partial charge in [-0.1, -0.05) is 83.9 Å². The van der Waals surface area contributed by atoms with E-state index >= 15 is 24.0 Å². The highest BCUT2D eigenvalue weighted by Gasteiger charge is 2.42. The number of phenols is 6. The van der Waals surface area contributed by atoms with E-state index in [2.05, 4.69) is 37.2 Å². The summed E-state index contributed by atoms with van der Waals surface area (Å²) in [5.74, 6) is -13.1. The summed E-state index contributed by atoms with van der Waals surface area (Å²) in [4.78, 5) is 108. The predicted octanol–water partition coefficient (Wildman–Crippen LogP) is 6.82. The fourth-order valence-electron chi connectivity index (χ4n) is 11.7. The number of aliphatic hydroxyl groups excluding tert-OH is 1. The molecule has 14 rings (SSSR count). The molecule has 0 aliphatic carbocycles. The number of halogens is 2. The molecule has 0 radical (unpaired) electrons. The molecule has 8 aromatic rings. The lowest BCUT2D eigenvalue weighted by atomic mass is 9.89. The van der Waals surface area contributed by atoms with Crippen molar-refractivity contribution in [3.05, 3.63) is 200 Å². The van der Waals surface area contributed by atoms with Gasteiger partial charge in [-0.2, -0.15) is 0 Å². The van der Waals surface area contributed by atoms with Crippen molar-refractivity contribution in [2.24, 2.45) is 0 Å². The van der Waals surface area contributed by atoms with Crippen molar-refractivity contribution in [3.8, 4) is 80.1 Å². The third-order valence-corrected chi connectivity index (χ3v) is 17.1. The predicted molar refractivity (Wildman–Crippen MR) is 335 cm³/mol. The number of benzene rings is 8. The number of carbonyl (C=O) groups is 7. The summed E-state index contributed by atoms with van der Waals surface area (Å²) in [6, 6.07) is 19.9. The molecule has 8 aromatic carbocycles. The van der Waals surface area contributed by atoms with E-state index in [1.54, 1.807) is 24.1 Å². The SMILES string of the molecule is CNC(=O)C1NC(=O)C2NC(=O)C(NC(=O)C3NC(=O)C4NC(=O)C(Cc5ccc(cc5)Oc5cc3cc(c5O)Oc3ccc(cc3Cl)C2O)NC(=O)C(N(C)Cc2ccccc2)c2ccc(O)c(c2)Oc2cc(O)c(Cl)c4c2)c2ccc(O)c(c2)-c2c(O)cc(O)cc21. The zero-order valence-corrected chi connectivity index (χ0v) is 50.8. The van der Waals surface area contributed by atoms with Crippen molar-refractivity contribution >= 4 is 64.6 Å². The number of fused-ring (bicyclic) bond motifs is 14. The Labute approximate surface area is 543 Å². The van der Waals surface area contributed by atoms with Crippen LogP contribution in [0.25, 0.3) is 11.1 Å². The fourth-order valence-corrected chi connectivity index (χ4v) is 12.2. The first kappa shape index (κ1) is 62.9. The molecule has 480 valence electrons. The quantitative estimate of drug-likeness (QED) is 0.0859. The van der Waals surface area contributed by atoms with Gasteiger partial charge < -0.3 is 87.2 Å². The van der Waals surface area contributed by atoms with E-state index in [0.717, 1.165) is 48.0 Å². The summed E-state index contributed by atoms with van der Waals surface area (Å²) < 4.78 is 18.8. The molecule has 94 heavy (non-hydrogen) atoms. The normalized spacial score (nSPS) is 21.0. The Balaban J connectivity index is 1.06. The molecule has 6 aliphatic rings. The van der Waals surface area contributed by atoms with Crippen LogP contribution in [0.2, 0.25) is 10.0 Å². The molecule has 27 heteroatoms. The minimum Gasteiger partial charge on any atom is -0.508 e. The Hall–Kier alpha value is -11.3. The maximum Gasteiger partial charge on any atom is 0.248 e. The number of amides is 7. The van der Waals surface area contributed by atoms with E-state index < -0.39 is 141 Å². The molecule has 25 nitrogen and oxygen atoms in total. The number of carbonyl (C=O) groups excluding carboxylic acids is 7. The lowest BCUT2D eigenvalue weighted by Crippen LogP contribution is -2.55. The van der Waals surface area contributed by atoms with Crippen molar-refractivity contribution in [3.63, 3.8) is 0 Å². The van der Waals surface area contributed by atoms with E-state index in [9.17, 15) is 45.3 Å². The molecular weight excluding hydrogens is 1260 g/mol. The van der Waals surface area contributed by atoms with Crippen LogP contribution in [-0.2, 0) is 46.5 Å². The van der Waals surface area contributed by atoms with Gasteiger partial charge in [0, 0.05) is 48.8 Å². The summed E-state index contributed by atoms with van der Waals surface area (Å²) in [6.07, 6.45) is -2.34. The third-order valence-electron chi connectivity index (χ3n) is 16.4. The standard InChI is InChI=1S/C67H56Cl2N8O17/c1-70-62(86)55-39-24-35(78)25-45(81)51(39)38-19-31(10-15-43(38)79)53-63(87)76-57(66(90)75-55)59(83)33-12-17-47(41(68)20-33)94-50-23-34-22-49(60(50)84)92-36-13-8-29(9-14-36)18-42-61(85)74-56(65(89)73-54(34)64(88)72-53)40-26-37(27-46(82)52(40)69)93-48-21-32(11-16-44(48)80)58(67(91)71-42)77(2)28-30-6-4-3-5-7-30/h3-17,19-27,42,53-59,78-84H,18,28H2,1-2H3,(H,70,86)(H,71,91)(H,72,88)(H,73,89)(H,74,85)(H,75,90)(H,76,87). The van der Waals surface area contributed by atoms with Crippen LogP contribution >= 0.6 is 23.2 Å². The van der Waals surface area contributed by atoms with Gasteiger partial charge in [0.1, 0.15) is 88.6 Å². The number of likely N-dealkylation sites (N-methyl/N-ethyl adjacent to an activating group) is 2. The molecule has 8 atom stereocenters. The van der Waals surface area contributed by atoms with Crippen LogP contribution in [0.3, 0.4) is 0 Å². The second-order valence-electron chi connectivity index (χ2n) is 22.7. The van der Waals surface area contributed by atoms with E-state index in [4.69, 9.17) is 37.4 Å². The number of aliphatic hydroxyl groups is 1. The number of nitrogens with one attached hydrogen (secondary N) is 7. The van der Waals surface area contributed by atoms with E-state index in [0.29, 0.717) is 11.1 Å². The Kier molecular flexibility index (Phi) is 17.0. The van der Waals surface area contributed by atoms with Crippen LogP contribution in [0.15, 0.2) is 146 Å². The largest absolute Gasteiger partial charge is 0.508 e. The summed E-state index contributed by atoms with van der Waals surface area (Å²) in [5, 5.41) is 98.8. The molecule has 14 N–H and O–H groups in total. The van der Waals surface area contributed by atoms with Crippen LogP contribution in [0, 0.1) is 0 Å². The van der Waals surface area contributed by atoms with Gasteiger partial charge in [-0.25, -0.2) is 0 Å². The summed E-state index contributed by atoms with van der Waals surface area (Å²) in [6.45, 7) is 0.194. The maximum absolute atomic E-state index is 15.9. The smallest absolute Gasteiger partial charge is 0.248 e. The Bertz CT molecular complexity index is 4440. The van der Waals surface area contributed by atoms with Crippen molar-refractivity contribution in [2.75, 3.05) is 14.1 Å². The monoisotopic (exact) mass is 1310 g/mol. The number of hydrogen-bond acceptors (Lipinski definition) is 18. The molecule has 0 spiro atoms. The number of nitrogens with zero attached hydrogens (tertiary/aromatic N) is 1. The zero-order chi connectivity index (χ0) is 66.5. The lowest BCUT2D eigenvalue weighted by Gasteiger charge is -2.32. The van der Waals surface area contributed by atoms with Crippen LogP contribution in [0.5, 0.6) is 69.0 Å². The molecule has 17 bridgehead atoms. The fraction of sp³-hybridized carbons (Fsp3) is 0.179. The topological polar surface area (TPSA) is 376 Å². The minimum absolute atomic E-state index is 0.0516. The second kappa shape index (κ2) is 25.4. The molecule has 6 heterocycles. The highest BCUT2D eigenvalue weighted by molar-refractivity contribution is 6.33. The number of rotatable bonds is 4. The molecule has 0 saturated carbocycles. The average molecular weight is 1320 g/mol. The summed E-state index contributed by atoms with van der Waals surface area (Å²) in [5.41, 5.74) is -0.477. The van der Waals surface area contributed by atoms with Gasteiger partial charge in [-0.05, 0) is 119 Å². The number of aromatic hydroxyl groups is 6. The van der Waals surface area contributed by atoms with E-state index in [1.807, 2.05) is 30.3 Å². The third kappa shape index (κ3) is 12.4. The number of hydrogen-bond donors (Lipinski definition) is 14. The molecule has 0 fully saturated rings. The van der Waals surface area contributed by atoms with Gasteiger partial charge in [0.15, 0.2) is 23.0 Å². The van der Waals surface area contributed by atoms with Gasteiger partial charge in [0.25, 0.3) is 0 Å². The number of ether oxygens (including phenoxy) is 3. The zero-order valence-electron chi connectivity index (χ0n) is 49.3. The average Bonchev–Trinajstić information content (AvgIpc) is 0.778. The highest BCUT2D eigenvalue weighted by atomic mass is 35.5. The summed E-state index contributed by atoms with van der Waals surface area (Å²) in [7, 11) is 2.89. The first-order valence-corrected chi connectivity index (χ1v) is 29.8. The first-order valence-electron chi connectivity index (χ1n) is 29.0. The van der Waals surface area contributed by atoms with Crippen LogP contribution in [0.4, 0.5) is 0 Å². The molecule has 7 amide bonds. The summed E-state index contributed by atoms with van der Waals surface area (Å²) >= 11 is 13.8. The van der Waals surface area contributed by atoms with Crippen LogP contribution in [-0.4, -0.2) is 108 Å². The first-order chi connectivity index (χ1) is 45.0. The van der Waals surface area contributed by atoms with Gasteiger partial charge >= 0.3 is 0 Å². The van der Waals surface area contributed by atoms with Crippen molar-refractivity contribution < 1.29 is 83.5 Å². The van der Waals surface area contributed by atoms with Gasteiger partial charge in [0.05, 0.1) is 10.0 Å². The molecule has 6 aliphatic heterocycles. The van der Waals surface area contributed by atoms with Gasteiger partial charge in [0.2, 0.25) is 47.1 Å². The van der Waals surface area contributed by atoms with E-state index in [1.165, 1.54) is 67.7 Å². The Morgan fingerprint density at radius 2 is 1.18 bits per heavy atom. The molecule has 0 saturated heterocycles. The van der Waals surface area contributed by atoms with Crippen molar-refractivity contribution in [1.29, 1.82) is 0 Å². The lowest BCUT2D eigenvalue weighted by molar-refractivity contribution is -0.137. The van der Waals surface area contributed by atoms with Crippen LogP contribution in [0.1, 0.15) is 80.8 Å². The molecule has 8 unspecified atom stereocenters. The molecule has 0 aromatic heterocycles. The maximum atomic E-state index is 15.9. The van der Waals surface area contributed by atoms with Gasteiger partial charge in [-0.3, -0.25) is 38.5 Å². The minimum atomic E-state index is -2.16. The van der Waals surface area contributed by atoms with Crippen molar-refractivity contribution in [1.82, 2.24) is 42.1 Å². The molecular formula is C67H56Cl2N8O17. The van der Waals surface area contributed by atoms with Gasteiger partial charge in [-0.15, -0.1) is 0 Å². The Morgan fingerprint density at radius 3 is 1.90 bits per heavy atom. The highest BCUT2D eigenvalue weighted by Crippen LogP contribution is 2.48. The van der Waals surface area contributed by atoms with Crippen molar-refractivity contribution in [2.45, 2.75) is 61.4 Å². The Morgan fingerprint density at radius 1 is 0.543 bits per heavy atom.